The highest BCUT2D eigenvalue weighted by Gasteiger charge is 2.36. The number of carbonyl (C=O) groups excluding carboxylic acids is 1. The molecule has 7 nitrogen and oxygen atoms in total. The Balaban J connectivity index is 1.50. The second-order valence-corrected chi connectivity index (χ2v) is 10.3. The van der Waals surface area contributed by atoms with E-state index >= 15 is 0 Å². The van der Waals surface area contributed by atoms with Crippen molar-refractivity contribution in [2.24, 2.45) is 0 Å². The number of urea groups is 1. The topological polar surface area (TPSA) is 64.3 Å². The predicted molar refractivity (Wildman–Crippen MR) is 155 cm³/mol. The Morgan fingerprint density at radius 2 is 1.72 bits per heavy atom. The van der Waals surface area contributed by atoms with Crippen molar-refractivity contribution < 1.29 is 9.53 Å². The second-order valence-electron chi connectivity index (χ2n) is 9.40. The number of ether oxygens (including phenoxy) is 1. The van der Waals surface area contributed by atoms with E-state index in [0.29, 0.717) is 12.2 Å². The van der Waals surface area contributed by atoms with Crippen LogP contribution >= 0.6 is 11.8 Å². The third-order valence-corrected chi connectivity index (χ3v) is 7.86. The minimum atomic E-state index is -0.315. The zero-order valence-corrected chi connectivity index (χ0v) is 22.9. The third-order valence-electron chi connectivity index (χ3n) is 7.12. The molecule has 1 N–H and O–H groups in total. The van der Waals surface area contributed by atoms with E-state index in [1.54, 1.807) is 18.9 Å². The fourth-order valence-electron chi connectivity index (χ4n) is 5.16. The number of para-hydroxylation sites is 1. The molecular formula is C31H29N5O2S. The van der Waals surface area contributed by atoms with Gasteiger partial charge in [-0.05, 0) is 79.4 Å². The lowest BCUT2D eigenvalue weighted by Gasteiger charge is -2.31. The molecule has 0 saturated heterocycles. The van der Waals surface area contributed by atoms with Crippen LogP contribution in [0.1, 0.15) is 28.6 Å². The molecule has 5 aromatic rings. The van der Waals surface area contributed by atoms with Gasteiger partial charge in [0.2, 0.25) is 0 Å². The number of benzene rings is 3. The minimum absolute atomic E-state index is 0.188. The van der Waals surface area contributed by atoms with Crippen LogP contribution in [-0.2, 0) is 6.54 Å². The normalized spacial score (nSPS) is 14.3. The molecule has 8 heteroatoms. The van der Waals surface area contributed by atoms with E-state index in [1.807, 2.05) is 77.2 Å². The van der Waals surface area contributed by atoms with E-state index in [1.165, 1.54) is 4.90 Å². The first-order valence-corrected chi connectivity index (χ1v) is 14.0. The number of fused-ring (bicyclic) bond motifs is 3. The Kier molecular flexibility index (Phi) is 6.62. The molecule has 39 heavy (non-hydrogen) atoms. The number of nitrogens with zero attached hydrogens (tertiary/aromatic N) is 4. The van der Waals surface area contributed by atoms with E-state index in [-0.39, 0.29) is 12.1 Å². The van der Waals surface area contributed by atoms with Crippen LogP contribution in [0.25, 0.3) is 11.5 Å². The maximum atomic E-state index is 14.1. The lowest BCUT2D eigenvalue weighted by Crippen LogP contribution is -2.38. The van der Waals surface area contributed by atoms with E-state index < -0.39 is 0 Å². The number of nitrogens with one attached hydrogen (secondary N) is 1. The highest BCUT2D eigenvalue weighted by Crippen LogP contribution is 2.39. The van der Waals surface area contributed by atoms with Crippen molar-refractivity contribution in [1.82, 2.24) is 19.2 Å². The molecule has 1 aliphatic heterocycles. The van der Waals surface area contributed by atoms with Gasteiger partial charge in [-0.1, -0.05) is 30.3 Å². The molecule has 0 bridgehead atoms. The molecule has 6 rings (SSSR count). The van der Waals surface area contributed by atoms with Crippen LogP contribution in [0, 0.1) is 6.92 Å². The average Bonchev–Trinajstić information content (AvgIpc) is 3.54. The summed E-state index contributed by atoms with van der Waals surface area (Å²) in [5.41, 5.74) is 5.60. The van der Waals surface area contributed by atoms with E-state index in [9.17, 15) is 4.79 Å². The summed E-state index contributed by atoms with van der Waals surface area (Å²) < 4.78 is 9.44. The fraction of sp³-hybridized carbons (Fsp3) is 0.161. The van der Waals surface area contributed by atoms with Crippen LogP contribution < -0.4 is 10.1 Å². The van der Waals surface area contributed by atoms with Crippen LogP contribution in [-0.4, -0.2) is 38.6 Å². The summed E-state index contributed by atoms with van der Waals surface area (Å²) in [4.78, 5) is 17.1. The van der Waals surface area contributed by atoms with Gasteiger partial charge in [0, 0.05) is 22.3 Å². The van der Waals surface area contributed by atoms with E-state index in [4.69, 9.17) is 9.84 Å². The summed E-state index contributed by atoms with van der Waals surface area (Å²) >= 11 is 1.70. The minimum Gasteiger partial charge on any atom is -0.497 e. The smallest absolute Gasteiger partial charge is 0.322 e. The lowest BCUT2D eigenvalue weighted by molar-refractivity contribution is 0.194. The first-order chi connectivity index (χ1) is 19.1. The summed E-state index contributed by atoms with van der Waals surface area (Å²) in [6.45, 7) is 2.40. The second kappa shape index (κ2) is 10.4. The van der Waals surface area contributed by atoms with Crippen LogP contribution in [0.2, 0.25) is 0 Å². The number of carbonyl (C=O) groups is 1. The van der Waals surface area contributed by atoms with E-state index in [0.717, 1.165) is 39.8 Å². The summed E-state index contributed by atoms with van der Waals surface area (Å²) in [7, 11) is 1.63. The lowest BCUT2D eigenvalue weighted by atomic mass is 10.0. The zero-order chi connectivity index (χ0) is 26.9. The summed E-state index contributed by atoms with van der Waals surface area (Å²) in [6, 6.07) is 29.6. The van der Waals surface area contributed by atoms with Gasteiger partial charge >= 0.3 is 6.03 Å². The van der Waals surface area contributed by atoms with Crippen molar-refractivity contribution in [1.29, 1.82) is 0 Å². The molecule has 2 aromatic heterocycles. The summed E-state index contributed by atoms with van der Waals surface area (Å²) in [5.74, 6) is 1.69. The van der Waals surface area contributed by atoms with Crippen LogP contribution in [0.3, 0.4) is 0 Å². The number of anilines is 1. The number of amides is 2. The van der Waals surface area contributed by atoms with Crippen molar-refractivity contribution in [2.75, 3.05) is 18.7 Å². The number of hydrogen-bond donors (Lipinski definition) is 1. The fourth-order valence-corrected chi connectivity index (χ4v) is 5.56. The molecular weight excluding hydrogens is 506 g/mol. The van der Waals surface area contributed by atoms with Gasteiger partial charge in [-0.25, -0.2) is 9.48 Å². The van der Waals surface area contributed by atoms with Crippen LogP contribution in [0.4, 0.5) is 10.5 Å². The molecule has 0 radical (unpaired) electrons. The van der Waals surface area contributed by atoms with Gasteiger partial charge in [0.05, 0.1) is 36.8 Å². The number of rotatable bonds is 5. The molecule has 0 aliphatic carbocycles. The van der Waals surface area contributed by atoms with Gasteiger partial charge in [-0.3, -0.25) is 0 Å². The van der Waals surface area contributed by atoms with Gasteiger partial charge < -0.3 is 19.5 Å². The largest absolute Gasteiger partial charge is 0.497 e. The molecule has 1 atom stereocenters. The monoisotopic (exact) mass is 535 g/mol. The number of aromatic nitrogens is 3. The molecule has 0 saturated carbocycles. The van der Waals surface area contributed by atoms with Crippen molar-refractivity contribution in [3.63, 3.8) is 0 Å². The highest BCUT2D eigenvalue weighted by atomic mass is 32.2. The number of aryl methyl sites for hydroxylation is 1. The molecule has 196 valence electrons. The van der Waals surface area contributed by atoms with Crippen molar-refractivity contribution in [3.05, 3.63) is 120 Å². The molecule has 0 spiro atoms. The van der Waals surface area contributed by atoms with Crippen LogP contribution in [0.5, 0.6) is 5.75 Å². The maximum Gasteiger partial charge on any atom is 0.322 e. The predicted octanol–water partition coefficient (Wildman–Crippen LogP) is 6.84. The Hall–Kier alpha value is -4.43. The average molecular weight is 536 g/mol. The van der Waals surface area contributed by atoms with Crippen molar-refractivity contribution in [2.45, 2.75) is 24.4 Å². The van der Waals surface area contributed by atoms with E-state index in [2.05, 4.69) is 52.7 Å². The van der Waals surface area contributed by atoms with Crippen LogP contribution in [0.15, 0.2) is 102 Å². The molecule has 1 aliphatic rings. The van der Waals surface area contributed by atoms with Gasteiger partial charge in [0.25, 0.3) is 0 Å². The van der Waals surface area contributed by atoms with Crippen molar-refractivity contribution in [3.8, 4) is 17.3 Å². The quantitative estimate of drug-likeness (QED) is 0.250. The first-order valence-electron chi connectivity index (χ1n) is 12.7. The first kappa shape index (κ1) is 24.9. The maximum absolute atomic E-state index is 14.1. The molecule has 0 unspecified atom stereocenters. The standard InChI is InChI=1S/C31H29N5O2S/c1-21-27-20-35(31(37)32-23-13-15-25(38-2)16-14-23)29(22-11-17-26(39-3)18-12-22)28-10-7-19-34(28)30(27)36(33-21)24-8-5-4-6-9-24/h4-19,29H,20H2,1-3H3,(H,32,37)/t29-/m1/s1. The number of thioether (sulfide) groups is 1. The summed E-state index contributed by atoms with van der Waals surface area (Å²) in [5, 5.41) is 8.04. The number of hydrogen-bond acceptors (Lipinski definition) is 4. The Morgan fingerprint density at radius 3 is 2.41 bits per heavy atom. The molecule has 2 amide bonds. The Labute approximate surface area is 232 Å². The molecule has 3 heterocycles. The number of methoxy groups -OCH3 is 1. The third kappa shape index (κ3) is 4.57. The molecule has 0 fully saturated rings. The Morgan fingerprint density at radius 1 is 0.974 bits per heavy atom. The van der Waals surface area contributed by atoms with Gasteiger partial charge in [-0.2, -0.15) is 5.10 Å². The molecule has 3 aromatic carbocycles. The summed E-state index contributed by atoms with van der Waals surface area (Å²) in [6.07, 6.45) is 4.12. The van der Waals surface area contributed by atoms with Crippen molar-refractivity contribution >= 4 is 23.5 Å². The SMILES string of the molecule is COc1ccc(NC(=O)N2Cc3c(C)nn(-c4ccccc4)c3-n3cccc3[C@H]2c2ccc(SC)cc2)cc1. The zero-order valence-electron chi connectivity index (χ0n) is 22.0. The van der Waals surface area contributed by atoms with Gasteiger partial charge in [-0.15, -0.1) is 11.8 Å². The Bertz CT molecular complexity index is 1610. The van der Waals surface area contributed by atoms with Gasteiger partial charge in [0.15, 0.2) is 0 Å². The highest BCUT2D eigenvalue weighted by molar-refractivity contribution is 7.98. The van der Waals surface area contributed by atoms with Gasteiger partial charge in [0.1, 0.15) is 11.6 Å².